The summed E-state index contributed by atoms with van der Waals surface area (Å²) in [7, 11) is 0. The lowest BCUT2D eigenvalue weighted by Gasteiger charge is -2.20. The standard InChI is InChI=1S/C13H21BrN2O2/c1-12(2,3)18-11(17)16-7-10(15-9-16)6-13(4,5)8-14/h7,9H,6,8H2,1-5H3. The van der Waals surface area contributed by atoms with Gasteiger partial charge in [-0.15, -0.1) is 0 Å². The Labute approximate surface area is 117 Å². The van der Waals surface area contributed by atoms with Gasteiger partial charge in [-0.05, 0) is 32.6 Å². The second-order valence-corrected chi connectivity index (χ2v) is 6.79. The van der Waals surface area contributed by atoms with Crippen LogP contribution in [0, 0.1) is 5.41 Å². The average Bonchev–Trinajstić information content (AvgIpc) is 2.63. The lowest BCUT2D eigenvalue weighted by atomic mass is 9.91. The minimum atomic E-state index is -0.489. The molecule has 0 N–H and O–H groups in total. The number of nitrogens with zero attached hydrogens (tertiary/aromatic N) is 2. The number of ether oxygens (including phenoxy) is 1. The van der Waals surface area contributed by atoms with Gasteiger partial charge in [0.15, 0.2) is 0 Å². The summed E-state index contributed by atoms with van der Waals surface area (Å²) in [5.41, 5.74) is 0.523. The summed E-state index contributed by atoms with van der Waals surface area (Å²) >= 11 is 3.48. The summed E-state index contributed by atoms with van der Waals surface area (Å²) in [6.07, 6.45) is 3.66. The van der Waals surface area contributed by atoms with Crippen molar-refractivity contribution in [1.82, 2.24) is 9.55 Å². The van der Waals surface area contributed by atoms with Crippen LogP contribution in [0.1, 0.15) is 40.3 Å². The zero-order chi connectivity index (χ0) is 14.0. The topological polar surface area (TPSA) is 44.1 Å². The maximum atomic E-state index is 11.8. The van der Waals surface area contributed by atoms with Crippen molar-refractivity contribution < 1.29 is 9.53 Å². The van der Waals surface area contributed by atoms with Crippen LogP contribution in [0.5, 0.6) is 0 Å². The molecule has 0 fully saturated rings. The van der Waals surface area contributed by atoms with Crippen molar-refractivity contribution in [2.24, 2.45) is 5.41 Å². The average molecular weight is 317 g/mol. The smallest absolute Gasteiger partial charge is 0.419 e. The van der Waals surface area contributed by atoms with Crippen LogP contribution in [0.3, 0.4) is 0 Å². The molecule has 0 radical (unpaired) electrons. The molecular weight excluding hydrogens is 296 g/mol. The Balaban J connectivity index is 2.72. The molecule has 0 saturated carbocycles. The van der Waals surface area contributed by atoms with Gasteiger partial charge in [-0.2, -0.15) is 0 Å². The minimum Gasteiger partial charge on any atom is -0.443 e. The van der Waals surface area contributed by atoms with Gasteiger partial charge in [0.05, 0.1) is 5.69 Å². The first-order valence-corrected chi connectivity index (χ1v) is 7.07. The zero-order valence-electron chi connectivity index (χ0n) is 11.7. The van der Waals surface area contributed by atoms with E-state index in [1.165, 1.54) is 10.9 Å². The van der Waals surface area contributed by atoms with Crippen molar-refractivity contribution in [2.45, 2.75) is 46.6 Å². The van der Waals surface area contributed by atoms with E-state index in [-0.39, 0.29) is 5.41 Å². The predicted molar refractivity (Wildman–Crippen MR) is 75.1 cm³/mol. The fraction of sp³-hybridized carbons (Fsp3) is 0.692. The fourth-order valence-electron chi connectivity index (χ4n) is 1.41. The first-order valence-electron chi connectivity index (χ1n) is 5.95. The zero-order valence-corrected chi connectivity index (χ0v) is 13.2. The molecule has 0 aliphatic rings. The molecule has 0 atom stereocenters. The maximum absolute atomic E-state index is 11.8. The van der Waals surface area contributed by atoms with Crippen LogP contribution < -0.4 is 0 Å². The van der Waals surface area contributed by atoms with Gasteiger partial charge in [0, 0.05) is 11.5 Å². The first kappa shape index (κ1) is 15.2. The first-order chi connectivity index (χ1) is 8.13. The Kier molecular flexibility index (Phi) is 4.59. The van der Waals surface area contributed by atoms with Gasteiger partial charge in [0.1, 0.15) is 11.9 Å². The van der Waals surface area contributed by atoms with E-state index in [4.69, 9.17) is 4.74 Å². The van der Waals surface area contributed by atoms with Gasteiger partial charge >= 0.3 is 6.09 Å². The maximum Gasteiger partial charge on any atom is 0.419 e. The van der Waals surface area contributed by atoms with E-state index in [2.05, 4.69) is 34.8 Å². The van der Waals surface area contributed by atoms with Crippen LogP contribution in [0.4, 0.5) is 4.79 Å². The normalized spacial score (nSPS) is 12.6. The summed E-state index contributed by atoms with van der Waals surface area (Å²) < 4.78 is 6.66. The highest BCUT2D eigenvalue weighted by molar-refractivity contribution is 9.09. The molecule has 1 rings (SSSR count). The monoisotopic (exact) mass is 316 g/mol. The molecule has 0 saturated heterocycles. The van der Waals surface area contributed by atoms with E-state index < -0.39 is 11.7 Å². The van der Waals surface area contributed by atoms with E-state index >= 15 is 0 Å². The van der Waals surface area contributed by atoms with E-state index in [0.717, 1.165) is 17.4 Å². The van der Waals surface area contributed by atoms with Crippen molar-refractivity contribution >= 4 is 22.0 Å². The van der Waals surface area contributed by atoms with Crippen molar-refractivity contribution in [3.05, 3.63) is 18.2 Å². The molecular formula is C13H21BrN2O2. The third-order valence-corrected chi connectivity index (χ3v) is 3.78. The van der Waals surface area contributed by atoms with Crippen molar-refractivity contribution in [3.63, 3.8) is 0 Å². The van der Waals surface area contributed by atoms with Crippen LogP contribution in [0.2, 0.25) is 0 Å². The number of aromatic nitrogens is 2. The lowest BCUT2D eigenvalue weighted by Crippen LogP contribution is -2.26. The summed E-state index contributed by atoms with van der Waals surface area (Å²) in [6, 6.07) is 0. The molecule has 0 bridgehead atoms. The molecule has 1 aromatic heterocycles. The van der Waals surface area contributed by atoms with Gasteiger partial charge in [-0.25, -0.2) is 14.3 Å². The third kappa shape index (κ3) is 4.80. The van der Waals surface area contributed by atoms with Crippen molar-refractivity contribution in [3.8, 4) is 0 Å². The Morgan fingerprint density at radius 1 is 1.39 bits per heavy atom. The molecule has 0 amide bonds. The largest absolute Gasteiger partial charge is 0.443 e. The van der Waals surface area contributed by atoms with Crippen LogP contribution >= 0.6 is 15.9 Å². The highest BCUT2D eigenvalue weighted by Crippen LogP contribution is 2.23. The Morgan fingerprint density at radius 2 is 2.00 bits per heavy atom. The predicted octanol–water partition coefficient (Wildman–Crippen LogP) is 3.63. The van der Waals surface area contributed by atoms with Crippen LogP contribution in [0.15, 0.2) is 12.5 Å². The van der Waals surface area contributed by atoms with Crippen LogP contribution in [-0.4, -0.2) is 26.6 Å². The number of carbonyl (C=O) groups excluding carboxylic acids is 1. The summed E-state index contributed by atoms with van der Waals surface area (Å²) in [6.45, 7) is 9.83. The molecule has 4 nitrogen and oxygen atoms in total. The molecule has 102 valence electrons. The number of hydrogen-bond acceptors (Lipinski definition) is 3. The van der Waals surface area contributed by atoms with Gasteiger partial charge in [0.2, 0.25) is 0 Å². The number of halogens is 1. The van der Waals surface area contributed by atoms with Gasteiger partial charge in [0.25, 0.3) is 0 Å². The lowest BCUT2D eigenvalue weighted by molar-refractivity contribution is 0.0536. The molecule has 0 aliphatic carbocycles. The number of alkyl halides is 1. The van der Waals surface area contributed by atoms with E-state index in [1.54, 1.807) is 6.20 Å². The Hall–Kier alpha value is -0.840. The second kappa shape index (κ2) is 5.43. The summed E-state index contributed by atoms with van der Waals surface area (Å²) in [5, 5.41) is 0.888. The van der Waals surface area contributed by atoms with E-state index in [1.807, 2.05) is 20.8 Å². The number of rotatable bonds is 3. The van der Waals surface area contributed by atoms with Crippen molar-refractivity contribution in [1.29, 1.82) is 0 Å². The Morgan fingerprint density at radius 3 is 2.50 bits per heavy atom. The van der Waals surface area contributed by atoms with Gasteiger partial charge in [-0.1, -0.05) is 29.8 Å². The molecule has 18 heavy (non-hydrogen) atoms. The van der Waals surface area contributed by atoms with Crippen LogP contribution in [-0.2, 0) is 11.2 Å². The van der Waals surface area contributed by atoms with Crippen molar-refractivity contribution in [2.75, 3.05) is 5.33 Å². The number of imidazole rings is 1. The molecule has 0 unspecified atom stereocenters. The third-order valence-electron chi connectivity index (χ3n) is 2.26. The van der Waals surface area contributed by atoms with E-state index in [9.17, 15) is 4.79 Å². The minimum absolute atomic E-state index is 0.118. The molecule has 0 aliphatic heterocycles. The van der Waals surface area contributed by atoms with Crippen LogP contribution in [0.25, 0.3) is 0 Å². The molecule has 1 heterocycles. The quantitative estimate of drug-likeness (QED) is 0.800. The highest BCUT2D eigenvalue weighted by atomic mass is 79.9. The number of carbonyl (C=O) groups is 1. The summed E-state index contributed by atoms with van der Waals surface area (Å²) in [5.74, 6) is 0. The molecule has 1 aromatic rings. The summed E-state index contributed by atoms with van der Waals surface area (Å²) in [4.78, 5) is 16.0. The van der Waals surface area contributed by atoms with Gasteiger partial charge < -0.3 is 4.74 Å². The highest BCUT2D eigenvalue weighted by Gasteiger charge is 2.21. The van der Waals surface area contributed by atoms with Gasteiger partial charge in [-0.3, -0.25) is 0 Å². The number of hydrogen-bond donors (Lipinski definition) is 0. The second-order valence-electron chi connectivity index (χ2n) is 6.23. The molecule has 0 aromatic carbocycles. The molecule has 0 spiro atoms. The SMILES string of the molecule is CC(C)(CBr)Cc1cn(C(=O)OC(C)(C)C)cn1. The fourth-order valence-corrected chi connectivity index (χ4v) is 1.61. The molecule has 5 heteroatoms. The Bertz CT molecular complexity index is 419. The van der Waals surface area contributed by atoms with E-state index in [0.29, 0.717) is 0 Å².